The Morgan fingerprint density at radius 1 is 1.03 bits per heavy atom. The van der Waals surface area contributed by atoms with Crippen LogP contribution in [-0.4, -0.2) is 36.7 Å². The van der Waals surface area contributed by atoms with Crippen molar-refractivity contribution in [2.75, 3.05) is 18.4 Å². The monoisotopic (exact) mass is 463 g/mol. The highest BCUT2D eigenvalue weighted by molar-refractivity contribution is 7.89. The van der Waals surface area contributed by atoms with Gasteiger partial charge in [-0.2, -0.15) is 17.5 Å². The number of pyridine rings is 1. The summed E-state index contributed by atoms with van der Waals surface area (Å²) < 4.78 is 66.6. The van der Waals surface area contributed by atoms with Gasteiger partial charge in [0.25, 0.3) is 0 Å². The topological polar surface area (TPSA) is 79.4 Å². The van der Waals surface area contributed by atoms with Crippen LogP contribution in [0, 0.1) is 5.92 Å². The minimum absolute atomic E-state index is 0.0391. The number of hydrogen-bond donors (Lipinski definition) is 1. The van der Waals surface area contributed by atoms with Crippen LogP contribution in [0.5, 0.6) is 0 Å². The molecular weight excluding hydrogens is 443 g/mol. The summed E-state index contributed by atoms with van der Waals surface area (Å²) in [5, 5.41) is 3.67. The van der Waals surface area contributed by atoms with E-state index in [1.807, 2.05) is 24.3 Å². The van der Waals surface area contributed by atoms with Gasteiger partial charge in [-0.05, 0) is 37.1 Å². The average Bonchev–Trinajstić information content (AvgIpc) is 2.78. The van der Waals surface area contributed by atoms with E-state index in [0.717, 1.165) is 33.4 Å². The van der Waals surface area contributed by atoms with E-state index < -0.39 is 32.6 Å². The van der Waals surface area contributed by atoms with Crippen LogP contribution >= 0.6 is 0 Å². The molecule has 0 aliphatic carbocycles. The molecule has 3 aromatic rings. The SMILES string of the molecule is O=C(Nc1cnc2ccccc2c1)C1CCN(S(=O)(=O)c2ccccc2C(F)(F)F)CC1. The van der Waals surface area contributed by atoms with Crippen molar-refractivity contribution in [1.29, 1.82) is 0 Å². The molecule has 1 saturated heterocycles. The summed E-state index contributed by atoms with van der Waals surface area (Å²) in [7, 11) is -4.34. The number of alkyl halides is 3. The molecule has 6 nitrogen and oxygen atoms in total. The van der Waals surface area contributed by atoms with Crippen LogP contribution in [0.1, 0.15) is 18.4 Å². The number of amides is 1. The first kappa shape index (κ1) is 22.2. The molecule has 0 spiro atoms. The molecule has 2 heterocycles. The number of benzene rings is 2. The van der Waals surface area contributed by atoms with Crippen molar-refractivity contribution < 1.29 is 26.4 Å². The predicted molar refractivity (Wildman–Crippen MR) is 113 cm³/mol. The van der Waals surface area contributed by atoms with E-state index in [1.165, 1.54) is 6.07 Å². The summed E-state index contributed by atoms with van der Waals surface area (Å²) in [6.45, 7) is -0.0782. The average molecular weight is 463 g/mol. The summed E-state index contributed by atoms with van der Waals surface area (Å²) in [6.07, 6.45) is -2.82. The van der Waals surface area contributed by atoms with E-state index in [9.17, 15) is 26.4 Å². The van der Waals surface area contributed by atoms with Crippen molar-refractivity contribution in [3.63, 3.8) is 0 Å². The van der Waals surface area contributed by atoms with Gasteiger partial charge < -0.3 is 5.32 Å². The lowest BCUT2D eigenvalue weighted by Crippen LogP contribution is -2.41. The molecule has 168 valence electrons. The maximum Gasteiger partial charge on any atom is 0.417 e. The summed E-state index contributed by atoms with van der Waals surface area (Å²) in [5.74, 6) is -0.722. The zero-order valence-corrected chi connectivity index (χ0v) is 17.7. The Morgan fingerprint density at radius 3 is 2.41 bits per heavy atom. The third-order valence-electron chi connectivity index (χ3n) is 5.49. The van der Waals surface area contributed by atoms with Gasteiger partial charge in [0.15, 0.2) is 0 Å². The lowest BCUT2D eigenvalue weighted by atomic mass is 9.97. The summed E-state index contributed by atoms with van der Waals surface area (Å²) in [4.78, 5) is 16.2. The smallest absolute Gasteiger partial charge is 0.324 e. The highest BCUT2D eigenvalue weighted by atomic mass is 32.2. The van der Waals surface area contributed by atoms with E-state index in [1.54, 1.807) is 12.3 Å². The van der Waals surface area contributed by atoms with Gasteiger partial charge in [-0.1, -0.05) is 30.3 Å². The fourth-order valence-electron chi connectivity index (χ4n) is 3.81. The van der Waals surface area contributed by atoms with Gasteiger partial charge in [-0.25, -0.2) is 8.42 Å². The highest BCUT2D eigenvalue weighted by Crippen LogP contribution is 2.36. The molecule has 1 fully saturated rings. The highest BCUT2D eigenvalue weighted by Gasteiger charge is 2.40. The zero-order chi connectivity index (χ0) is 22.9. The number of para-hydroxylation sites is 1. The molecule has 0 bridgehead atoms. The maximum atomic E-state index is 13.3. The Hall–Kier alpha value is -2.98. The molecule has 1 aliphatic rings. The minimum Gasteiger partial charge on any atom is -0.324 e. The minimum atomic E-state index is -4.78. The lowest BCUT2D eigenvalue weighted by Gasteiger charge is -2.31. The molecular formula is C22H20F3N3O3S. The van der Waals surface area contributed by atoms with Crippen molar-refractivity contribution >= 4 is 32.5 Å². The third-order valence-corrected chi connectivity index (χ3v) is 7.45. The second-order valence-electron chi connectivity index (χ2n) is 7.58. The van der Waals surface area contributed by atoms with E-state index in [2.05, 4.69) is 10.3 Å². The van der Waals surface area contributed by atoms with Crippen LogP contribution in [-0.2, 0) is 21.0 Å². The van der Waals surface area contributed by atoms with Gasteiger partial charge in [0.2, 0.25) is 15.9 Å². The summed E-state index contributed by atoms with van der Waals surface area (Å²) in [5.41, 5.74) is 0.134. The second-order valence-corrected chi connectivity index (χ2v) is 9.48. The molecule has 2 aromatic carbocycles. The van der Waals surface area contributed by atoms with Crippen LogP contribution in [0.4, 0.5) is 18.9 Å². The van der Waals surface area contributed by atoms with Crippen LogP contribution in [0.25, 0.3) is 10.9 Å². The predicted octanol–water partition coefficient (Wildman–Crippen LogP) is 4.29. The van der Waals surface area contributed by atoms with Crippen molar-refractivity contribution in [3.05, 3.63) is 66.4 Å². The van der Waals surface area contributed by atoms with Gasteiger partial charge in [0.05, 0.1) is 27.9 Å². The number of anilines is 1. The quantitative estimate of drug-likeness (QED) is 0.626. The van der Waals surface area contributed by atoms with Gasteiger partial charge >= 0.3 is 6.18 Å². The maximum absolute atomic E-state index is 13.3. The molecule has 1 N–H and O–H groups in total. The Morgan fingerprint density at radius 2 is 1.69 bits per heavy atom. The number of nitrogens with one attached hydrogen (secondary N) is 1. The van der Waals surface area contributed by atoms with E-state index in [0.29, 0.717) is 5.69 Å². The van der Waals surface area contributed by atoms with Crippen LogP contribution < -0.4 is 5.32 Å². The molecule has 1 amide bonds. The number of carbonyl (C=O) groups excluding carboxylic acids is 1. The number of carbonyl (C=O) groups is 1. The van der Waals surface area contributed by atoms with Gasteiger partial charge in [-0.3, -0.25) is 9.78 Å². The Kier molecular flexibility index (Phi) is 5.91. The van der Waals surface area contributed by atoms with Crippen LogP contribution in [0.15, 0.2) is 65.7 Å². The number of nitrogens with zero attached hydrogens (tertiary/aromatic N) is 2. The molecule has 10 heteroatoms. The molecule has 32 heavy (non-hydrogen) atoms. The third kappa shape index (κ3) is 4.46. The first-order valence-electron chi connectivity index (χ1n) is 9.98. The summed E-state index contributed by atoms with van der Waals surface area (Å²) in [6, 6.07) is 13.4. The van der Waals surface area contributed by atoms with Crippen LogP contribution in [0.3, 0.4) is 0 Å². The van der Waals surface area contributed by atoms with E-state index in [4.69, 9.17) is 0 Å². The standard InChI is InChI=1S/C22H20F3N3O3S/c23-22(24,25)18-6-2-4-8-20(18)32(30,31)28-11-9-15(10-12-28)21(29)27-17-13-16-5-1-3-7-19(16)26-14-17/h1-8,13-15H,9-12H2,(H,27,29). The van der Waals surface area contributed by atoms with Crippen molar-refractivity contribution in [2.24, 2.45) is 5.92 Å². The fourth-order valence-corrected chi connectivity index (χ4v) is 5.49. The first-order valence-corrected chi connectivity index (χ1v) is 11.4. The summed E-state index contributed by atoms with van der Waals surface area (Å²) >= 11 is 0. The van der Waals surface area contributed by atoms with Gasteiger partial charge in [-0.15, -0.1) is 0 Å². The van der Waals surface area contributed by atoms with E-state index >= 15 is 0 Å². The number of rotatable bonds is 4. The Balaban J connectivity index is 1.44. The molecule has 1 aromatic heterocycles. The molecule has 4 rings (SSSR count). The largest absolute Gasteiger partial charge is 0.417 e. The molecule has 0 saturated carbocycles. The number of hydrogen-bond acceptors (Lipinski definition) is 4. The van der Waals surface area contributed by atoms with E-state index in [-0.39, 0.29) is 31.8 Å². The molecule has 0 atom stereocenters. The van der Waals surface area contributed by atoms with Crippen LogP contribution in [0.2, 0.25) is 0 Å². The first-order chi connectivity index (χ1) is 15.2. The van der Waals surface area contributed by atoms with Crippen molar-refractivity contribution in [1.82, 2.24) is 9.29 Å². The number of sulfonamides is 1. The molecule has 0 unspecified atom stereocenters. The van der Waals surface area contributed by atoms with Gasteiger partial charge in [0, 0.05) is 24.4 Å². The lowest BCUT2D eigenvalue weighted by molar-refractivity contribution is -0.139. The second kappa shape index (κ2) is 8.51. The Labute approximate surface area is 183 Å². The Bertz CT molecular complexity index is 1250. The number of halogens is 3. The number of piperidine rings is 1. The van der Waals surface area contributed by atoms with Crippen molar-refractivity contribution in [2.45, 2.75) is 23.9 Å². The zero-order valence-electron chi connectivity index (χ0n) is 16.8. The normalized spacial score (nSPS) is 16.2. The fraction of sp³-hybridized carbons (Fsp3) is 0.273. The van der Waals surface area contributed by atoms with Crippen molar-refractivity contribution in [3.8, 4) is 0 Å². The molecule has 1 aliphatic heterocycles. The number of aromatic nitrogens is 1. The number of fused-ring (bicyclic) bond motifs is 1. The van der Waals surface area contributed by atoms with Gasteiger partial charge in [0.1, 0.15) is 0 Å². The molecule has 0 radical (unpaired) electrons.